The molecule has 1 heterocycles. The summed E-state index contributed by atoms with van der Waals surface area (Å²) < 4.78 is 12.9. The second-order valence-corrected chi connectivity index (χ2v) is 5.17. The highest BCUT2D eigenvalue weighted by molar-refractivity contribution is 5.80. The van der Waals surface area contributed by atoms with Crippen LogP contribution in [0.15, 0.2) is 66.3 Å². The summed E-state index contributed by atoms with van der Waals surface area (Å²) in [4.78, 5) is 0. The van der Waals surface area contributed by atoms with Crippen molar-refractivity contribution in [2.45, 2.75) is 6.92 Å². The fraction of sp³-hybridized carbons (Fsp3) is 0.167. The molecular formula is C18H18N4O2. The fourth-order valence-corrected chi connectivity index (χ4v) is 2.03. The largest absolute Gasteiger partial charge is 0.490 e. The number of nitrogens with zero attached hydrogens (tertiary/aromatic N) is 4. The van der Waals surface area contributed by atoms with Crippen LogP contribution < -0.4 is 9.47 Å². The maximum atomic E-state index is 5.71. The zero-order valence-corrected chi connectivity index (χ0v) is 13.4. The molecule has 2 aromatic carbocycles. The van der Waals surface area contributed by atoms with Gasteiger partial charge in [0.1, 0.15) is 37.4 Å². The first-order chi connectivity index (χ1) is 11.8. The van der Waals surface area contributed by atoms with Crippen molar-refractivity contribution in [2.75, 3.05) is 13.2 Å². The molecule has 0 spiro atoms. The molecule has 0 atom stereocenters. The summed E-state index contributed by atoms with van der Waals surface area (Å²) in [5.74, 6) is 1.62. The zero-order valence-electron chi connectivity index (χ0n) is 13.4. The standard InChI is InChI=1S/C18H18N4O2/c1-15-5-7-17(8-6-15)23-9-10-24-18-4-2-3-16(11-18)12-21-22-13-19-20-14-22/h2-8,11-14H,9-10H2,1H3/b21-12-. The van der Waals surface area contributed by atoms with Gasteiger partial charge in [0.2, 0.25) is 0 Å². The highest BCUT2D eigenvalue weighted by atomic mass is 16.5. The molecule has 0 aliphatic heterocycles. The molecule has 0 fully saturated rings. The lowest BCUT2D eigenvalue weighted by atomic mass is 10.2. The third-order valence-corrected chi connectivity index (χ3v) is 3.25. The van der Waals surface area contributed by atoms with E-state index in [0.29, 0.717) is 13.2 Å². The van der Waals surface area contributed by atoms with E-state index in [1.165, 1.54) is 22.9 Å². The summed E-state index contributed by atoms with van der Waals surface area (Å²) in [6.45, 7) is 3.01. The average molecular weight is 322 g/mol. The maximum Gasteiger partial charge on any atom is 0.141 e. The Labute approximate surface area is 140 Å². The Balaban J connectivity index is 1.48. The number of hydrogen-bond donors (Lipinski definition) is 0. The minimum Gasteiger partial charge on any atom is -0.490 e. The molecule has 0 bridgehead atoms. The molecule has 0 N–H and O–H groups in total. The Morgan fingerprint density at radius 3 is 2.42 bits per heavy atom. The van der Waals surface area contributed by atoms with Crippen LogP contribution in [0, 0.1) is 6.92 Å². The summed E-state index contributed by atoms with van der Waals surface area (Å²) in [6.07, 6.45) is 4.78. The molecule has 1 aromatic heterocycles. The van der Waals surface area contributed by atoms with Gasteiger partial charge in [-0.25, -0.2) is 4.68 Å². The van der Waals surface area contributed by atoms with E-state index in [0.717, 1.165) is 17.1 Å². The van der Waals surface area contributed by atoms with Crippen LogP contribution in [0.2, 0.25) is 0 Å². The average Bonchev–Trinajstić information content (AvgIpc) is 3.12. The second kappa shape index (κ2) is 7.92. The summed E-state index contributed by atoms with van der Waals surface area (Å²) in [5, 5.41) is 11.6. The number of ether oxygens (including phenoxy) is 2. The fourth-order valence-electron chi connectivity index (χ4n) is 2.03. The van der Waals surface area contributed by atoms with Gasteiger partial charge in [0.25, 0.3) is 0 Å². The molecule has 6 heteroatoms. The molecule has 0 aliphatic carbocycles. The number of aryl methyl sites for hydroxylation is 1. The Morgan fingerprint density at radius 2 is 1.67 bits per heavy atom. The van der Waals surface area contributed by atoms with Crippen molar-refractivity contribution in [2.24, 2.45) is 5.10 Å². The van der Waals surface area contributed by atoms with Crippen LogP contribution in [0.3, 0.4) is 0 Å². The lowest BCUT2D eigenvalue weighted by molar-refractivity contribution is 0.217. The predicted octanol–water partition coefficient (Wildman–Crippen LogP) is 2.93. The molecular weight excluding hydrogens is 304 g/mol. The maximum absolute atomic E-state index is 5.71. The zero-order chi connectivity index (χ0) is 16.6. The number of rotatable bonds is 7. The minimum atomic E-state index is 0.472. The topological polar surface area (TPSA) is 61.5 Å². The molecule has 3 rings (SSSR count). The second-order valence-electron chi connectivity index (χ2n) is 5.17. The number of aromatic nitrogens is 3. The van der Waals surface area contributed by atoms with Crippen molar-refractivity contribution in [3.05, 3.63) is 72.3 Å². The molecule has 0 aliphatic rings. The van der Waals surface area contributed by atoms with E-state index < -0.39 is 0 Å². The van der Waals surface area contributed by atoms with E-state index in [1.54, 1.807) is 6.21 Å². The van der Waals surface area contributed by atoms with Crippen LogP contribution >= 0.6 is 0 Å². The van der Waals surface area contributed by atoms with Gasteiger partial charge < -0.3 is 9.47 Å². The molecule has 0 radical (unpaired) electrons. The van der Waals surface area contributed by atoms with Crippen LogP contribution in [-0.2, 0) is 0 Å². The Hall–Kier alpha value is -3.15. The first-order valence-corrected chi connectivity index (χ1v) is 7.61. The predicted molar refractivity (Wildman–Crippen MR) is 91.6 cm³/mol. The summed E-state index contributed by atoms with van der Waals surface area (Å²) in [5.41, 5.74) is 2.14. The van der Waals surface area contributed by atoms with Crippen molar-refractivity contribution in [1.29, 1.82) is 0 Å². The first kappa shape index (κ1) is 15.7. The van der Waals surface area contributed by atoms with Gasteiger partial charge in [-0.2, -0.15) is 5.10 Å². The van der Waals surface area contributed by atoms with Crippen LogP contribution in [-0.4, -0.2) is 34.3 Å². The number of hydrogen-bond acceptors (Lipinski definition) is 5. The van der Waals surface area contributed by atoms with Crippen molar-refractivity contribution >= 4 is 6.21 Å². The molecule has 0 amide bonds. The van der Waals surface area contributed by atoms with Gasteiger partial charge in [0, 0.05) is 0 Å². The van der Waals surface area contributed by atoms with E-state index in [4.69, 9.17) is 9.47 Å². The third-order valence-electron chi connectivity index (χ3n) is 3.25. The highest BCUT2D eigenvalue weighted by Gasteiger charge is 1.97. The van der Waals surface area contributed by atoms with Gasteiger partial charge in [-0.05, 0) is 36.8 Å². The monoisotopic (exact) mass is 322 g/mol. The Bertz CT molecular complexity index is 783. The van der Waals surface area contributed by atoms with Crippen molar-refractivity contribution in [3.8, 4) is 11.5 Å². The van der Waals surface area contributed by atoms with Gasteiger partial charge >= 0.3 is 0 Å². The van der Waals surface area contributed by atoms with Gasteiger partial charge in [-0.1, -0.05) is 29.8 Å². The lowest BCUT2D eigenvalue weighted by Crippen LogP contribution is -2.09. The smallest absolute Gasteiger partial charge is 0.141 e. The molecule has 6 nitrogen and oxygen atoms in total. The summed E-state index contributed by atoms with van der Waals surface area (Å²) in [6, 6.07) is 15.6. The summed E-state index contributed by atoms with van der Waals surface area (Å²) in [7, 11) is 0. The molecule has 122 valence electrons. The molecule has 3 aromatic rings. The third kappa shape index (κ3) is 4.67. The van der Waals surface area contributed by atoms with E-state index in [2.05, 4.69) is 15.3 Å². The Kier molecular flexibility index (Phi) is 5.19. The molecule has 0 unspecified atom stereocenters. The van der Waals surface area contributed by atoms with E-state index >= 15 is 0 Å². The highest BCUT2D eigenvalue weighted by Crippen LogP contribution is 2.13. The number of benzene rings is 2. The van der Waals surface area contributed by atoms with Crippen molar-refractivity contribution in [3.63, 3.8) is 0 Å². The summed E-state index contributed by atoms with van der Waals surface area (Å²) >= 11 is 0. The molecule has 24 heavy (non-hydrogen) atoms. The van der Waals surface area contributed by atoms with Crippen LogP contribution in [0.25, 0.3) is 0 Å². The lowest BCUT2D eigenvalue weighted by Gasteiger charge is -2.09. The van der Waals surface area contributed by atoms with Gasteiger partial charge in [-0.15, -0.1) is 10.2 Å². The van der Waals surface area contributed by atoms with Crippen LogP contribution in [0.5, 0.6) is 11.5 Å². The Morgan fingerprint density at radius 1 is 0.958 bits per heavy atom. The van der Waals surface area contributed by atoms with Crippen LogP contribution in [0.1, 0.15) is 11.1 Å². The molecule has 0 saturated heterocycles. The van der Waals surface area contributed by atoms with Gasteiger partial charge in [-0.3, -0.25) is 0 Å². The quantitative estimate of drug-likeness (QED) is 0.496. The van der Waals surface area contributed by atoms with E-state index in [-0.39, 0.29) is 0 Å². The molecule has 0 saturated carbocycles. The SMILES string of the molecule is Cc1ccc(OCCOc2cccc(/C=N\n3cnnc3)c2)cc1. The first-order valence-electron chi connectivity index (χ1n) is 7.61. The minimum absolute atomic E-state index is 0.472. The van der Waals surface area contributed by atoms with Crippen molar-refractivity contribution in [1.82, 2.24) is 14.9 Å². The van der Waals surface area contributed by atoms with E-state index in [9.17, 15) is 0 Å². The van der Waals surface area contributed by atoms with Crippen LogP contribution in [0.4, 0.5) is 0 Å². The van der Waals surface area contributed by atoms with Gasteiger partial charge in [0.05, 0.1) is 6.21 Å². The normalized spacial score (nSPS) is 10.9. The van der Waals surface area contributed by atoms with Gasteiger partial charge in [0.15, 0.2) is 0 Å². The van der Waals surface area contributed by atoms with E-state index in [1.807, 2.05) is 55.5 Å². The van der Waals surface area contributed by atoms with Crippen molar-refractivity contribution < 1.29 is 9.47 Å².